The average molecular weight is 358 g/mol. The summed E-state index contributed by atoms with van der Waals surface area (Å²) in [4.78, 5) is 7.49. The van der Waals surface area contributed by atoms with Crippen LogP contribution in [0.15, 0.2) is 40.0 Å². The number of nitrogens with zero attached hydrogens (tertiary/aromatic N) is 2. The molecular formula is C11H12BrN5O2S. The van der Waals surface area contributed by atoms with Crippen molar-refractivity contribution in [3.63, 3.8) is 0 Å². The van der Waals surface area contributed by atoms with Gasteiger partial charge in [0.2, 0.25) is 5.95 Å². The third kappa shape index (κ3) is 3.24. The Balaban J connectivity index is 2.32. The van der Waals surface area contributed by atoms with E-state index in [-0.39, 0.29) is 10.8 Å². The largest absolute Gasteiger partial charge is 0.292 e. The highest BCUT2D eigenvalue weighted by molar-refractivity contribution is 9.10. The normalized spacial score (nSPS) is 11.2. The zero-order valence-electron chi connectivity index (χ0n) is 10.5. The molecule has 9 heteroatoms. The summed E-state index contributed by atoms with van der Waals surface area (Å²) < 4.78 is 27.7. The number of rotatable bonds is 4. The third-order valence-corrected chi connectivity index (χ3v) is 4.32. The van der Waals surface area contributed by atoms with Crippen LogP contribution in [0.5, 0.6) is 0 Å². The van der Waals surface area contributed by atoms with Crippen molar-refractivity contribution in [2.45, 2.75) is 11.8 Å². The smallest absolute Gasteiger partial charge is 0.264 e. The first-order valence-electron chi connectivity index (χ1n) is 5.50. The number of hydrogen-bond acceptors (Lipinski definition) is 6. The molecule has 1 aromatic carbocycles. The van der Waals surface area contributed by atoms with E-state index < -0.39 is 10.0 Å². The number of nitrogen functional groups attached to an aromatic ring is 1. The van der Waals surface area contributed by atoms with Gasteiger partial charge in [-0.25, -0.2) is 24.2 Å². The number of sulfonamides is 1. The molecule has 0 atom stereocenters. The Morgan fingerprint density at radius 1 is 1.25 bits per heavy atom. The molecule has 1 aromatic heterocycles. The van der Waals surface area contributed by atoms with Crippen LogP contribution >= 0.6 is 15.9 Å². The zero-order chi connectivity index (χ0) is 14.8. The van der Waals surface area contributed by atoms with Gasteiger partial charge in [0.05, 0.1) is 18.1 Å². The summed E-state index contributed by atoms with van der Waals surface area (Å²) in [5, 5.41) is 0. The number of aromatic nitrogens is 2. The van der Waals surface area contributed by atoms with Crippen LogP contribution in [-0.2, 0) is 10.0 Å². The van der Waals surface area contributed by atoms with Gasteiger partial charge in [-0.1, -0.05) is 22.0 Å². The van der Waals surface area contributed by atoms with E-state index in [0.717, 1.165) is 10.0 Å². The van der Waals surface area contributed by atoms with Gasteiger partial charge in [0.1, 0.15) is 4.90 Å². The lowest BCUT2D eigenvalue weighted by atomic mass is 10.2. The fraction of sp³-hybridized carbons (Fsp3) is 0.0909. The predicted octanol–water partition coefficient (Wildman–Crippen LogP) is 1.63. The van der Waals surface area contributed by atoms with Crippen molar-refractivity contribution in [2.75, 3.05) is 10.1 Å². The van der Waals surface area contributed by atoms with E-state index in [1.807, 2.05) is 13.0 Å². The Labute approximate surface area is 124 Å². The standard InChI is InChI=1S/C11H12BrN5O2S/c1-7-2-3-8(12)4-10(7)17-20(18,19)9-5-14-11(16-13)15-6-9/h2-6,17H,13H2,1H3,(H,14,15,16). The summed E-state index contributed by atoms with van der Waals surface area (Å²) in [5.74, 6) is 5.27. The molecule has 0 aliphatic rings. The third-order valence-electron chi connectivity index (χ3n) is 2.51. The molecule has 0 fully saturated rings. The molecule has 0 saturated carbocycles. The molecule has 0 radical (unpaired) electrons. The van der Waals surface area contributed by atoms with Crippen LogP contribution in [0.4, 0.5) is 11.6 Å². The van der Waals surface area contributed by atoms with Crippen LogP contribution in [0.1, 0.15) is 5.56 Å². The first-order valence-corrected chi connectivity index (χ1v) is 7.77. The number of hydrazine groups is 1. The second-order valence-corrected chi connectivity index (χ2v) is 6.55. The van der Waals surface area contributed by atoms with Crippen LogP contribution < -0.4 is 16.0 Å². The number of halogens is 1. The van der Waals surface area contributed by atoms with Gasteiger partial charge < -0.3 is 0 Å². The summed E-state index contributed by atoms with van der Waals surface area (Å²) in [6, 6.07) is 5.32. The minimum Gasteiger partial charge on any atom is -0.292 e. The Kier molecular flexibility index (Phi) is 4.21. The second kappa shape index (κ2) is 5.73. The van der Waals surface area contributed by atoms with E-state index in [4.69, 9.17) is 5.84 Å². The van der Waals surface area contributed by atoms with Crippen molar-refractivity contribution < 1.29 is 8.42 Å². The monoisotopic (exact) mass is 357 g/mol. The lowest BCUT2D eigenvalue weighted by Crippen LogP contribution is -2.16. The minimum atomic E-state index is -3.74. The number of nitrogens with one attached hydrogen (secondary N) is 2. The second-order valence-electron chi connectivity index (χ2n) is 3.95. The molecule has 0 amide bonds. The first kappa shape index (κ1) is 14.7. The number of benzene rings is 1. The van der Waals surface area contributed by atoms with Gasteiger partial charge in [-0.15, -0.1) is 0 Å². The Hall–Kier alpha value is -1.71. The fourth-order valence-electron chi connectivity index (χ4n) is 1.44. The highest BCUT2D eigenvalue weighted by atomic mass is 79.9. The highest BCUT2D eigenvalue weighted by Gasteiger charge is 2.16. The molecule has 7 nitrogen and oxygen atoms in total. The van der Waals surface area contributed by atoms with Crippen molar-refractivity contribution >= 4 is 37.6 Å². The maximum Gasteiger partial charge on any atom is 0.264 e. The average Bonchev–Trinajstić information content (AvgIpc) is 2.43. The molecule has 20 heavy (non-hydrogen) atoms. The van der Waals surface area contributed by atoms with Gasteiger partial charge in [-0.05, 0) is 24.6 Å². The van der Waals surface area contributed by atoms with E-state index in [1.165, 1.54) is 12.4 Å². The van der Waals surface area contributed by atoms with E-state index in [1.54, 1.807) is 12.1 Å². The molecule has 0 bridgehead atoms. The quantitative estimate of drug-likeness (QED) is 0.566. The maximum absolute atomic E-state index is 12.2. The molecule has 0 aliphatic carbocycles. The van der Waals surface area contributed by atoms with E-state index >= 15 is 0 Å². The lowest BCUT2D eigenvalue weighted by molar-refractivity contribution is 0.600. The van der Waals surface area contributed by atoms with Gasteiger partial charge in [0.25, 0.3) is 10.0 Å². The van der Waals surface area contributed by atoms with Crippen molar-refractivity contribution in [1.29, 1.82) is 0 Å². The molecule has 0 spiro atoms. The number of aryl methyl sites for hydroxylation is 1. The lowest BCUT2D eigenvalue weighted by Gasteiger charge is -2.10. The summed E-state index contributed by atoms with van der Waals surface area (Å²) in [7, 11) is -3.74. The van der Waals surface area contributed by atoms with Crippen LogP contribution in [0.3, 0.4) is 0 Å². The highest BCUT2D eigenvalue weighted by Crippen LogP contribution is 2.23. The molecular weight excluding hydrogens is 346 g/mol. The SMILES string of the molecule is Cc1ccc(Br)cc1NS(=O)(=O)c1cnc(NN)nc1. The van der Waals surface area contributed by atoms with Crippen molar-refractivity contribution in [3.05, 3.63) is 40.6 Å². The summed E-state index contributed by atoms with van der Waals surface area (Å²) in [6.07, 6.45) is 2.36. The van der Waals surface area contributed by atoms with Gasteiger partial charge in [-0.3, -0.25) is 10.1 Å². The predicted molar refractivity (Wildman–Crippen MR) is 79.5 cm³/mol. The summed E-state index contributed by atoms with van der Waals surface area (Å²) in [5.41, 5.74) is 3.52. The number of nitrogens with two attached hydrogens (primary N) is 1. The van der Waals surface area contributed by atoms with Crippen molar-refractivity contribution in [1.82, 2.24) is 9.97 Å². The number of hydrogen-bond donors (Lipinski definition) is 3. The molecule has 0 aliphatic heterocycles. The van der Waals surface area contributed by atoms with E-state index in [0.29, 0.717) is 5.69 Å². The molecule has 0 unspecified atom stereocenters. The van der Waals surface area contributed by atoms with Gasteiger partial charge >= 0.3 is 0 Å². The van der Waals surface area contributed by atoms with Crippen LogP contribution in [0.25, 0.3) is 0 Å². The van der Waals surface area contributed by atoms with Gasteiger partial charge in [-0.2, -0.15) is 0 Å². The van der Waals surface area contributed by atoms with Crippen LogP contribution in [0, 0.1) is 6.92 Å². The van der Waals surface area contributed by atoms with E-state index in [2.05, 4.69) is 36.0 Å². The summed E-state index contributed by atoms with van der Waals surface area (Å²) in [6.45, 7) is 1.81. The topological polar surface area (TPSA) is 110 Å². The van der Waals surface area contributed by atoms with Crippen LogP contribution in [0.2, 0.25) is 0 Å². The molecule has 1 heterocycles. The Morgan fingerprint density at radius 3 is 2.50 bits per heavy atom. The van der Waals surface area contributed by atoms with Crippen LogP contribution in [-0.4, -0.2) is 18.4 Å². The first-order chi connectivity index (χ1) is 9.42. The zero-order valence-corrected chi connectivity index (χ0v) is 12.9. The van der Waals surface area contributed by atoms with Crippen molar-refractivity contribution in [2.24, 2.45) is 5.84 Å². The Bertz CT molecular complexity index is 718. The minimum absolute atomic E-state index is 0.0455. The molecule has 2 aromatic rings. The molecule has 4 N–H and O–H groups in total. The van der Waals surface area contributed by atoms with E-state index in [9.17, 15) is 8.42 Å². The maximum atomic E-state index is 12.2. The van der Waals surface area contributed by atoms with Gasteiger partial charge in [0.15, 0.2) is 0 Å². The van der Waals surface area contributed by atoms with Gasteiger partial charge in [0, 0.05) is 4.47 Å². The summed E-state index contributed by atoms with van der Waals surface area (Å²) >= 11 is 3.30. The van der Waals surface area contributed by atoms with Crippen molar-refractivity contribution in [3.8, 4) is 0 Å². The molecule has 106 valence electrons. The Morgan fingerprint density at radius 2 is 1.90 bits per heavy atom. The fourth-order valence-corrected chi connectivity index (χ4v) is 2.81. The number of anilines is 2. The molecule has 0 saturated heterocycles. The molecule has 2 rings (SSSR count).